The summed E-state index contributed by atoms with van der Waals surface area (Å²) in [6.07, 6.45) is 0.0971. The Morgan fingerprint density at radius 1 is 1.50 bits per heavy atom. The Labute approximate surface area is 123 Å². The number of nitrogens with zero attached hydrogens (tertiary/aromatic N) is 4. The number of nitriles is 1. The van der Waals surface area contributed by atoms with E-state index in [1.807, 2.05) is 6.07 Å². The normalized spacial score (nSPS) is 11.8. The van der Waals surface area contributed by atoms with Crippen LogP contribution in [0.4, 0.5) is 0 Å². The molecule has 0 amide bonds. The maximum absolute atomic E-state index is 12.6. The van der Waals surface area contributed by atoms with Gasteiger partial charge in [-0.15, -0.1) is 0 Å². The van der Waals surface area contributed by atoms with E-state index in [0.717, 1.165) is 0 Å². The molecule has 0 bridgehead atoms. The Morgan fingerprint density at radius 3 is 2.60 bits per heavy atom. The van der Waals surface area contributed by atoms with Crippen molar-refractivity contribution in [2.75, 3.05) is 26.8 Å². The van der Waals surface area contributed by atoms with Crippen molar-refractivity contribution in [2.45, 2.75) is 18.2 Å². The summed E-state index contributed by atoms with van der Waals surface area (Å²) >= 11 is 6.01. The number of rotatable bonds is 7. The van der Waals surface area contributed by atoms with Gasteiger partial charge < -0.3 is 4.74 Å². The summed E-state index contributed by atoms with van der Waals surface area (Å²) in [6, 6.07) is 1.93. The minimum atomic E-state index is -3.80. The van der Waals surface area contributed by atoms with E-state index in [4.69, 9.17) is 21.6 Å². The lowest BCUT2D eigenvalue weighted by molar-refractivity contribution is 0.179. The largest absolute Gasteiger partial charge is 0.383 e. The molecule has 0 fully saturated rings. The van der Waals surface area contributed by atoms with Gasteiger partial charge in [-0.05, 0) is 6.92 Å². The lowest BCUT2D eigenvalue weighted by Gasteiger charge is -2.20. The molecule has 0 aliphatic heterocycles. The molecule has 1 rings (SSSR count). The average molecular weight is 321 g/mol. The molecular formula is C11H17ClN4O3S. The van der Waals surface area contributed by atoms with Crippen molar-refractivity contribution in [2.24, 2.45) is 7.05 Å². The van der Waals surface area contributed by atoms with Gasteiger partial charge in [0.15, 0.2) is 0 Å². The standard InChI is InChI=1S/C11H17ClN4O3S/c1-9-10(11(12)15(2)14-9)20(17,18)16(6-4-5-13)7-8-19-3/h4,6-8H2,1-3H3. The summed E-state index contributed by atoms with van der Waals surface area (Å²) in [5.74, 6) is 0. The van der Waals surface area contributed by atoms with Crippen LogP contribution < -0.4 is 0 Å². The van der Waals surface area contributed by atoms with E-state index < -0.39 is 10.0 Å². The van der Waals surface area contributed by atoms with Gasteiger partial charge in [-0.2, -0.15) is 14.7 Å². The maximum Gasteiger partial charge on any atom is 0.248 e. The van der Waals surface area contributed by atoms with Crippen LogP contribution >= 0.6 is 11.6 Å². The van der Waals surface area contributed by atoms with E-state index in [1.54, 1.807) is 14.0 Å². The molecular weight excluding hydrogens is 304 g/mol. The number of hydrogen-bond donors (Lipinski definition) is 0. The highest BCUT2D eigenvalue weighted by Crippen LogP contribution is 2.27. The first-order chi connectivity index (χ1) is 9.36. The van der Waals surface area contributed by atoms with Crippen molar-refractivity contribution in [3.05, 3.63) is 10.8 Å². The molecule has 0 radical (unpaired) electrons. The molecule has 0 spiro atoms. The van der Waals surface area contributed by atoms with E-state index in [-0.39, 0.29) is 36.2 Å². The highest BCUT2D eigenvalue weighted by Gasteiger charge is 2.31. The Balaban J connectivity index is 3.18. The molecule has 1 aromatic heterocycles. The van der Waals surface area contributed by atoms with Gasteiger partial charge in [0.05, 0.1) is 18.4 Å². The van der Waals surface area contributed by atoms with Gasteiger partial charge in [0, 0.05) is 33.7 Å². The Bertz CT molecular complexity index is 606. The molecule has 9 heteroatoms. The Hall–Kier alpha value is -1.14. The maximum atomic E-state index is 12.6. The predicted molar refractivity (Wildman–Crippen MR) is 73.8 cm³/mol. The van der Waals surface area contributed by atoms with E-state index >= 15 is 0 Å². The van der Waals surface area contributed by atoms with Crippen molar-refractivity contribution in [3.8, 4) is 6.07 Å². The van der Waals surface area contributed by atoms with Crippen LogP contribution in [0.1, 0.15) is 12.1 Å². The third-order valence-electron chi connectivity index (χ3n) is 2.72. The third-order valence-corrected chi connectivity index (χ3v) is 5.31. The smallest absolute Gasteiger partial charge is 0.248 e. The van der Waals surface area contributed by atoms with Gasteiger partial charge in [0.25, 0.3) is 0 Å². The predicted octanol–water partition coefficient (Wildman–Crippen LogP) is 0.933. The minimum Gasteiger partial charge on any atom is -0.383 e. The van der Waals surface area contributed by atoms with E-state index in [2.05, 4.69) is 5.10 Å². The molecule has 0 saturated heterocycles. The fraction of sp³-hybridized carbons (Fsp3) is 0.636. The summed E-state index contributed by atoms with van der Waals surface area (Å²) in [4.78, 5) is -0.0179. The highest BCUT2D eigenvalue weighted by atomic mass is 35.5. The summed E-state index contributed by atoms with van der Waals surface area (Å²) < 4.78 is 32.6. The average Bonchev–Trinajstić information content (AvgIpc) is 2.63. The molecule has 0 aliphatic rings. The van der Waals surface area contributed by atoms with Gasteiger partial charge in [-0.25, -0.2) is 8.42 Å². The number of halogens is 1. The van der Waals surface area contributed by atoms with Gasteiger partial charge >= 0.3 is 0 Å². The number of sulfonamides is 1. The van der Waals surface area contributed by atoms with Crippen LogP contribution in [0, 0.1) is 18.3 Å². The molecule has 0 aliphatic carbocycles. The first kappa shape index (κ1) is 16.9. The van der Waals surface area contributed by atoms with Crippen LogP contribution in [0.25, 0.3) is 0 Å². The summed E-state index contributed by atoms with van der Waals surface area (Å²) in [7, 11) is -0.743. The van der Waals surface area contributed by atoms with Crippen molar-refractivity contribution in [3.63, 3.8) is 0 Å². The topological polar surface area (TPSA) is 88.2 Å². The van der Waals surface area contributed by atoms with Crippen LogP contribution in [0.15, 0.2) is 4.90 Å². The van der Waals surface area contributed by atoms with Crippen LogP contribution in [-0.4, -0.2) is 49.3 Å². The van der Waals surface area contributed by atoms with Gasteiger partial charge in [-0.3, -0.25) is 4.68 Å². The van der Waals surface area contributed by atoms with E-state index in [9.17, 15) is 8.42 Å². The zero-order chi connectivity index (χ0) is 15.3. The fourth-order valence-electron chi connectivity index (χ4n) is 1.75. The number of hydrogen-bond acceptors (Lipinski definition) is 5. The molecule has 0 aromatic carbocycles. The Morgan fingerprint density at radius 2 is 2.15 bits per heavy atom. The van der Waals surface area contributed by atoms with Crippen molar-refractivity contribution in [1.82, 2.24) is 14.1 Å². The molecule has 0 unspecified atom stereocenters. The monoisotopic (exact) mass is 320 g/mol. The zero-order valence-corrected chi connectivity index (χ0v) is 13.2. The molecule has 1 heterocycles. The first-order valence-corrected chi connectivity index (χ1v) is 7.73. The van der Waals surface area contributed by atoms with Crippen molar-refractivity contribution >= 4 is 21.6 Å². The fourth-order valence-corrected chi connectivity index (χ4v) is 3.88. The molecule has 7 nitrogen and oxygen atoms in total. The third kappa shape index (κ3) is 3.49. The zero-order valence-electron chi connectivity index (χ0n) is 11.6. The van der Waals surface area contributed by atoms with Crippen molar-refractivity contribution in [1.29, 1.82) is 5.26 Å². The molecule has 0 atom stereocenters. The van der Waals surface area contributed by atoms with Crippen LogP contribution in [0.2, 0.25) is 5.15 Å². The molecule has 112 valence electrons. The molecule has 1 aromatic rings. The summed E-state index contributed by atoms with van der Waals surface area (Å²) in [6.45, 7) is 2.07. The molecule has 20 heavy (non-hydrogen) atoms. The molecule has 0 N–H and O–H groups in total. The second-order valence-corrected chi connectivity index (χ2v) is 6.37. The minimum absolute atomic E-state index is 0.0179. The van der Waals surface area contributed by atoms with E-state index in [0.29, 0.717) is 5.69 Å². The number of ether oxygens (including phenoxy) is 1. The number of methoxy groups -OCH3 is 1. The number of aromatic nitrogens is 2. The van der Waals surface area contributed by atoms with Crippen LogP contribution in [-0.2, 0) is 21.8 Å². The Kier molecular flexibility index (Phi) is 5.95. The van der Waals surface area contributed by atoms with Gasteiger partial charge in [0.1, 0.15) is 10.0 Å². The van der Waals surface area contributed by atoms with E-state index in [1.165, 1.54) is 16.1 Å². The van der Waals surface area contributed by atoms with Crippen molar-refractivity contribution < 1.29 is 13.2 Å². The van der Waals surface area contributed by atoms with Gasteiger partial charge in [0.2, 0.25) is 10.0 Å². The second-order valence-electron chi connectivity index (χ2n) is 4.13. The van der Waals surface area contributed by atoms with Crippen LogP contribution in [0.3, 0.4) is 0 Å². The summed E-state index contributed by atoms with van der Waals surface area (Å²) in [5.41, 5.74) is 0.330. The molecule has 0 saturated carbocycles. The quantitative estimate of drug-likeness (QED) is 0.745. The summed E-state index contributed by atoms with van der Waals surface area (Å²) in [5, 5.41) is 12.7. The lowest BCUT2D eigenvalue weighted by Crippen LogP contribution is -2.35. The lowest BCUT2D eigenvalue weighted by atomic mass is 10.4. The highest BCUT2D eigenvalue weighted by molar-refractivity contribution is 7.89. The first-order valence-electron chi connectivity index (χ1n) is 5.91. The van der Waals surface area contributed by atoms with Crippen LogP contribution in [0.5, 0.6) is 0 Å². The van der Waals surface area contributed by atoms with Gasteiger partial charge in [-0.1, -0.05) is 11.6 Å². The number of aryl methyl sites for hydroxylation is 2. The SMILES string of the molecule is COCCN(CCC#N)S(=O)(=O)c1c(C)nn(C)c1Cl. The second kappa shape index (κ2) is 7.04.